The molecule has 3 aromatic rings. The number of rotatable bonds is 4. The maximum absolute atomic E-state index is 10.1. The molecule has 4 rings (SSSR count). The van der Waals surface area contributed by atoms with Crippen LogP contribution in [0.2, 0.25) is 0 Å². The lowest BCUT2D eigenvalue weighted by Crippen LogP contribution is -2.46. The molecule has 6 heteroatoms. The average molecular weight is 361 g/mol. The first kappa shape index (κ1) is 17.3. The van der Waals surface area contributed by atoms with Crippen LogP contribution in [0.3, 0.4) is 0 Å². The lowest BCUT2D eigenvalue weighted by atomic mass is 10.1. The van der Waals surface area contributed by atoms with Gasteiger partial charge in [0.25, 0.3) is 0 Å². The van der Waals surface area contributed by atoms with Gasteiger partial charge < -0.3 is 15.7 Å². The lowest BCUT2D eigenvalue weighted by molar-refractivity contribution is 0.250. The van der Waals surface area contributed by atoms with Gasteiger partial charge in [-0.25, -0.2) is 0 Å². The van der Waals surface area contributed by atoms with Gasteiger partial charge in [0.2, 0.25) is 0 Å². The van der Waals surface area contributed by atoms with E-state index in [2.05, 4.69) is 44.3 Å². The zero-order chi connectivity index (χ0) is 18.6. The number of hydrogen-bond donors (Lipinski definition) is 2. The van der Waals surface area contributed by atoms with E-state index in [-0.39, 0.29) is 5.75 Å². The lowest BCUT2D eigenvalue weighted by Gasteiger charge is -2.36. The van der Waals surface area contributed by atoms with Crippen molar-refractivity contribution in [3.63, 3.8) is 0 Å². The van der Waals surface area contributed by atoms with E-state index in [0.717, 1.165) is 38.4 Å². The van der Waals surface area contributed by atoms with Crippen molar-refractivity contribution in [3.05, 3.63) is 66.2 Å². The Morgan fingerprint density at radius 1 is 0.889 bits per heavy atom. The summed E-state index contributed by atoms with van der Waals surface area (Å²) in [5, 5.41) is 18.4. The van der Waals surface area contributed by atoms with Crippen molar-refractivity contribution in [3.8, 4) is 17.0 Å². The Morgan fingerprint density at radius 3 is 2.33 bits per heavy atom. The molecule has 0 amide bonds. The third kappa shape index (κ3) is 3.85. The second-order valence-electron chi connectivity index (χ2n) is 6.77. The molecule has 0 aliphatic carbocycles. The van der Waals surface area contributed by atoms with E-state index < -0.39 is 0 Å². The second-order valence-corrected chi connectivity index (χ2v) is 6.77. The Kier molecular flexibility index (Phi) is 4.89. The maximum Gasteiger partial charge on any atom is 0.169 e. The first-order chi connectivity index (χ1) is 13.2. The molecule has 0 unspecified atom stereocenters. The van der Waals surface area contributed by atoms with Crippen molar-refractivity contribution in [2.75, 3.05) is 36.8 Å². The van der Waals surface area contributed by atoms with Crippen molar-refractivity contribution >= 4 is 11.5 Å². The third-order valence-corrected chi connectivity index (χ3v) is 4.94. The monoisotopic (exact) mass is 361 g/mol. The molecular weight excluding hydrogens is 338 g/mol. The van der Waals surface area contributed by atoms with Crippen molar-refractivity contribution in [1.29, 1.82) is 0 Å². The molecule has 0 radical (unpaired) electrons. The van der Waals surface area contributed by atoms with Gasteiger partial charge in [-0.2, -0.15) is 0 Å². The molecule has 0 bridgehead atoms. The van der Waals surface area contributed by atoms with Crippen molar-refractivity contribution in [1.82, 2.24) is 15.1 Å². The minimum atomic E-state index is 0.190. The molecule has 3 N–H and O–H groups in total. The maximum atomic E-state index is 10.1. The molecule has 138 valence electrons. The summed E-state index contributed by atoms with van der Waals surface area (Å²) < 4.78 is 0. The first-order valence-electron chi connectivity index (χ1n) is 9.13. The number of benzene rings is 2. The Bertz CT molecular complexity index is 907. The molecule has 1 aliphatic heterocycles. The predicted octanol–water partition coefficient (Wildman–Crippen LogP) is 2.75. The van der Waals surface area contributed by atoms with Crippen LogP contribution in [0.25, 0.3) is 11.3 Å². The summed E-state index contributed by atoms with van der Waals surface area (Å²) in [5.74, 6) is 0.612. The van der Waals surface area contributed by atoms with Gasteiger partial charge in [-0.1, -0.05) is 42.5 Å². The van der Waals surface area contributed by atoms with Crippen LogP contribution in [0.4, 0.5) is 11.5 Å². The third-order valence-electron chi connectivity index (χ3n) is 4.94. The zero-order valence-corrected chi connectivity index (χ0v) is 15.1. The molecule has 0 atom stereocenters. The van der Waals surface area contributed by atoms with Gasteiger partial charge in [0.1, 0.15) is 5.75 Å². The van der Waals surface area contributed by atoms with E-state index >= 15 is 0 Å². The number of anilines is 2. The zero-order valence-electron chi connectivity index (χ0n) is 15.1. The largest absolute Gasteiger partial charge is 0.507 e. The number of hydrogen-bond acceptors (Lipinski definition) is 6. The van der Waals surface area contributed by atoms with Gasteiger partial charge in [0.05, 0.1) is 11.4 Å². The quantitative estimate of drug-likeness (QED) is 0.744. The molecule has 0 spiro atoms. The summed E-state index contributed by atoms with van der Waals surface area (Å²) in [6.07, 6.45) is 0. The molecule has 6 nitrogen and oxygen atoms in total. The molecule has 1 aromatic heterocycles. The topological polar surface area (TPSA) is 78.5 Å². The first-order valence-corrected chi connectivity index (χ1v) is 9.13. The highest BCUT2D eigenvalue weighted by molar-refractivity contribution is 5.74. The fourth-order valence-electron chi connectivity index (χ4n) is 3.45. The number of nitrogen functional groups attached to an aromatic ring is 1. The van der Waals surface area contributed by atoms with Crippen LogP contribution in [-0.4, -0.2) is 46.4 Å². The van der Waals surface area contributed by atoms with Crippen LogP contribution in [0, 0.1) is 0 Å². The number of nitrogens with two attached hydrogens (primary N) is 1. The van der Waals surface area contributed by atoms with Crippen LogP contribution in [0.1, 0.15) is 5.56 Å². The molecule has 1 saturated heterocycles. The molecule has 1 aliphatic rings. The predicted molar refractivity (Wildman–Crippen MR) is 107 cm³/mol. The number of nitrogens with zero attached hydrogens (tertiary/aromatic N) is 4. The molecule has 0 saturated carbocycles. The number of piperazine rings is 1. The number of para-hydroxylation sites is 1. The summed E-state index contributed by atoms with van der Waals surface area (Å²) in [7, 11) is 0. The summed E-state index contributed by atoms with van der Waals surface area (Å²) >= 11 is 0. The summed E-state index contributed by atoms with van der Waals surface area (Å²) in [6, 6.07) is 19.6. The second kappa shape index (κ2) is 7.63. The Labute approximate surface area is 158 Å². The van der Waals surface area contributed by atoms with E-state index in [1.54, 1.807) is 12.1 Å². The van der Waals surface area contributed by atoms with Gasteiger partial charge in [-0.05, 0) is 23.8 Å². The van der Waals surface area contributed by atoms with E-state index in [1.807, 2.05) is 24.3 Å². The highest BCUT2D eigenvalue weighted by Crippen LogP contribution is 2.31. The van der Waals surface area contributed by atoms with E-state index in [0.29, 0.717) is 17.1 Å². The molecule has 27 heavy (non-hydrogen) atoms. The Morgan fingerprint density at radius 2 is 1.59 bits per heavy atom. The summed E-state index contributed by atoms with van der Waals surface area (Å²) in [5.41, 5.74) is 9.60. The molecule has 2 aromatic carbocycles. The standard InChI is InChI=1S/C21H23N5O/c22-21-19(14-18(23-24-21)17-8-4-5-9-20(17)27)26-12-10-25(11-13-26)15-16-6-2-1-3-7-16/h1-9,14,27H,10-13,15H2,(H2,22,24). The highest BCUT2D eigenvalue weighted by Gasteiger charge is 2.20. The van der Waals surface area contributed by atoms with Crippen LogP contribution in [-0.2, 0) is 6.54 Å². The normalized spacial score (nSPS) is 15.0. The summed E-state index contributed by atoms with van der Waals surface area (Å²) in [4.78, 5) is 4.69. The number of phenolic OH excluding ortho intramolecular Hbond substituents is 1. The smallest absolute Gasteiger partial charge is 0.169 e. The van der Waals surface area contributed by atoms with Crippen molar-refractivity contribution in [2.45, 2.75) is 6.54 Å². The molecule has 2 heterocycles. The number of aromatic nitrogens is 2. The van der Waals surface area contributed by atoms with E-state index in [1.165, 1.54) is 5.56 Å². The Balaban J connectivity index is 1.48. The van der Waals surface area contributed by atoms with Crippen LogP contribution in [0.15, 0.2) is 60.7 Å². The van der Waals surface area contributed by atoms with Crippen molar-refractivity contribution < 1.29 is 5.11 Å². The molecular formula is C21H23N5O. The summed E-state index contributed by atoms with van der Waals surface area (Å²) in [6.45, 7) is 4.64. The van der Waals surface area contributed by atoms with Gasteiger partial charge in [-0.3, -0.25) is 4.90 Å². The van der Waals surface area contributed by atoms with Gasteiger partial charge in [-0.15, -0.1) is 10.2 Å². The fraction of sp³-hybridized carbons (Fsp3) is 0.238. The van der Waals surface area contributed by atoms with Gasteiger partial charge >= 0.3 is 0 Å². The van der Waals surface area contributed by atoms with Crippen LogP contribution < -0.4 is 10.6 Å². The number of phenols is 1. The SMILES string of the molecule is Nc1nnc(-c2ccccc2O)cc1N1CCN(Cc2ccccc2)CC1. The van der Waals surface area contributed by atoms with Crippen LogP contribution in [0.5, 0.6) is 5.75 Å². The highest BCUT2D eigenvalue weighted by atomic mass is 16.3. The van der Waals surface area contributed by atoms with Crippen LogP contribution >= 0.6 is 0 Å². The minimum absolute atomic E-state index is 0.190. The van der Waals surface area contributed by atoms with Gasteiger partial charge in [0.15, 0.2) is 5.82 Å². The van der Waals surface area contributed by atoms with Gasteiger partial charge in [0, 0.05) is 38.3 Å². The van der Waals surface area contributed by atoms with Crippen molar-refractivity contribution in [2.24, 2.45) is 0 Å². The number of aromatic hydroxyl groups is 1. The van der Waals surface area contributed by atoms with E-state index in [4.69, 9.17) is 5.73 Å². The fourth-order valence-corrected chi connectivity index (χ4v) is 3.45. The van der Waals surface area contributed by atoms with E-state index in [9.17, 15) is 5.11 Å². The average Bonchev–Trinajstić information content (AvgIpc) is 2.70. The minimum Gasteiger partial charge on any atom is -0.507 e. The Hall–Kier alpha value is -3.12. The molecule has 1 fully saturated rings.